The summed E-state index contributed by atoms with van der Waals surface area (Å²) in [6, 6.07) is 9.45. The number of phenolic OH excluding ortho intramolecular Hbond substituents is 2. The van der Waals surface area contributed by atoms with E-state index in [1.807, 2.05) is 20.8 Å². The van der Waals surface area contributed by atoms with Crippen molar-refractivity contribution >= 4 is 23.7 Å². The molecule has 0 unspecified atom stereocenters. The number of allylic oxidation sites excluding steroid dienone is 2. The highest BCUT2D eigenvalue weighted by molar-refractivity contribution is 6.10. The number of benzene rings is 2. The van der Waals surface area contributed by atoms with E-state index in [4.69, 9.17) is 9.47 Å². The normalized spacial score (nSPS) is 11.7. The van der Waals surface area contributed by atoms with Crippen LogP contribution in [-0.2, 0) is 9.59 Å². The standard InChI is InChI=1S/C24H26O6/c1-24(2,3)30-23-14-17(8-12-21(23)28)6-10-19(26)15-18(25)9-5-16-7-11-20(27)22(13-16)29-4/h5-14,27-28H,15H2,1-4H3. The average molecular weight is 410 g/mol. The largest absolute Gasteiger partial charge is 0.504 e. The Kier molecular flexibility index (Phi) is 7.42. The number of hydrogen-bond donors (Lipinski definition) is 2. The molecule has 2 aromatic carbocycles. The molecule has 30 heavy (non-hydrogen) atoms. The summed E-state index contributed by atoms with van der Waals surface area (Å²) in [5.41, 5.74) is 0.853. The fourth-order valence-corrected chi connectivity index (χ4v) is 2.51. The summed E-state index contributed by atoms with van der Waals surface area (Å²) in [5, 5.41) is 19.5. The number of methoxy groups -OCH3 is 1. The molecular weight excluding hydrogens is 384 g/mol. The number of hydrogen-bond acceptors (Lipinski definition) is 6. The smallest absolute Gasteiger partial charge is 0.163 e. The van der Waals surface area contributed by atoms with E-state index in [-0.39, 0.29) is 29.5 Å². The zero-order chi connectivity index (χ0) is 22.3. The molecule has 2 rings (SSSR count). The van der Waals surface area contributed by atoms with Gasteiger partial charge in [-0.2, -0.15) is 0 Å². The summed E-state index contributed by atoms with van der Waals surface area (Å²) in [5.74, 6) is -0.0580. The molecule has 0 aromatic heterocycles. The van der Waals surface area contributed by atoms with Crippen LogP contribution in [0.25, 0.3) is 12.2 Å². The van der Waals surface area contributed by atoms with E-state index in [2.05, 4.69) is 0 Å². The first-order chi connectivity index (χ1) is 14.1. The maximum absolute atomic E-state index is 12.1. The van der Waals surface area contributed by atoms with Crippen LogP contribution in [0.5, 0.6) is 23.0 Å². The third kappa shape index (κ3) is 7.13. The summed E-state index contributed by atoms with van der Waals surface area (Å²) in [6.45, 7) is 5.60. The lowest BCUT2D eigenvalue weighted by Crippen LogP contribution is -2.23. The van der Waals surface area contributed by atoms with Gasteiger partial charge in [0.05, 0.1) is 13.5 Å². The Morgan fingerprint density at radius 3 is 1.80 bits per heavy atom. The quantitative estimate of drug-likeness (QED) is 0.490. The van der Waals surface area contributed by atoms with E-state index < -0.39 is 5.60 Å². The minimum absolute atomic E-state index is 0.00609. The van der Waals surface area contributed by atoms with Gasteiger partial charge in [0.15, 0.2) is 34.6 Å². The fourth-order valence-electron chi connectivity index (χ4n) is 2.51. The minimum Gasteiger partial charge on any atom is -0.504 e. The molecule has 2 N–H and O–H groups in total. The SMILES string of the molecule is COc1cc(C=CC(=O)CC(=O)C=Cc2ccc(O)c(OC(C)(C)C)c2)ccc1O. The van der Waals surface area contributed by atoms with Gasteiger partial charge in [0.25, 0.3) is 0 Å². The van der Waals surface area contributed by atoms with Gasteiger partial charge in [0.2, 0.25) is 0 Å². The Hall–Kier alpha value is -3.54. The van der Waals surface area contributed by atoms with Crippen molar-refractivity contribution in [3.8, 4) is 23.0 Å². The maximum atomic E-state index is 12.1. The van der Waals surface area contributed by atoms with E-state index >= 15 is 0 Å². The van der Waals surface area contributed by atoms with Crippen LogP contribution in [0.1, 0.15) is 38.3 Å². The van der Waals surface area contributed by atoms with E-state index in [1.54, 1.807) is 36.4 Å². The van der Waals surface area contributed by atoms with Crippen molar-refractivity contribution in [2.24, 2.45) is 0 Å². The molecule has 0 fully saturated rings. The second-order valence-electron chi connectivity index (χ2n) is 7.65. The Balaban J connectivity index is 1.99. The van der Waals surface area contributed by atoms with E-state index in [1.165, 1.54) is 31.4 Å². The first-order valence-corrected chi connectivity index (χ1v) is 9.38. The van der Waals surface area contributed by atoms with Gasteiger partial charge in [-0.05, 0) is 68.3 Å². The summed E-state index contributed by atoms with van der Waals surface area (Å²) in [7, 11) is 1.44. The van der Waals surface area contributed by atoms with Gasteiger partial charge in [-0.3, -0.25) is 9.59 Å². The van der Waals surface area contributed by atoms with E-state index in [0.29, 0.717) is 22.6 Å². The summed E-state index contributed by atoms with van der Waals surface area (Å²) >= 11 is 0. The van der Waals surface area contributed by atoms with Crippen LogP contribution < -0.4 is 9.47 Å². The Morgan fingerprint density at radius 2 is 1.33 bits per heavy atom. The van der Waals surface area contributed by atoms with Crippen molar-refractivity contribution in [1.82, 2.24) is 0 Å². The molecule has 0 saturated carbocycles. The van der Waals surface area contributed by atoms with Crippen LogP contribution in [0, 0.1) is 0 Å². The molecule has 0 atom stereocenters. The zero-order valence-electron chi connectivity index (χ0n) is 17.5. The topological polar surface area (TPSA) is 93.1 Å². The van der Waals surface area contributed by atoms with Crippen LogP contribution in [0.15, 0.2) is 48.6 Å². The number of ketones is 2. The molecule has 2 aromatic rings. The summed E-state index contributed by atoms with van der Waals surface area (Å²) < 4.78 is 10.7. The van der Waals surface area contributed by atoms with Crippen molar-refractivity contribution in [3.63, 3.8) is 0 Å². The summed E-state index contributed by atoms with van der Waals surface area (Å²) in [4.78, 5) is 24.1. The van der Waals surface area contributed by atoms with Crippen molar-refractivity contribution in [1.29, 1.82) is 0 Å². The van der Waals surface area contributed by atoms with E-state index in [9.17, 15) is 19.8 Å². The van der Waals surface area contributed by atoms with Crippen LogP contribution in [0.2, 0.25) is 0 Å². The van der Waals surface area contributed by atoms with Gasteiger partial charge in [-0.1, -0.05) is 24.3 Å². The van der Waals surface area contributed by atoms with E-state index in [0.717, 1.165) is 0 Å². The molecule has 6 nitrogen and oxygen atoms in total. The van der Waals surface area contributed by atoms with Crippen LogP contribution in [0.3, 0.4) is 0 Å². The average Bonchev–Trinajstić information content (AvgIpc) is 2.67. The predicted molar refractivity (Wildman–Crippen MR) is 116 cm³/mol. The van der Waals surface area contributed by atoms with Crippen LogP contribution in [-0.4, -0.2) is 34.5 Å². The first-order valence-electron chi connectivity index (χ1n) is 9.38. The van der Waals surface area contributed by atoms with Gasteiger partial charge < -0.3 is 19.7 Å². The lowest BCUT2D eigenvalue weighted by Gasteiger charge is -2.22. The molecule has 0 aliphatic rings. The highest BCUT2D eigenvalue weighted by Crippen LogP contribution is 2.30. The lowest BCUT2D eigenvalue weighted by molar-refractivity contribution is -0.121. The van der Waals surface area contributed by atoms with Crippen molar-refractivity contribution in [2.75, 3.05) is 7.11 Å². The van der Waals surface area contributed by atoms with Crippen LogP contribution >= 0.6 is 0 Å². The zero-order valence-corrected chi connectivity index (χ0v) is 17.5. The van der Waals surface area contributed by atoms with Crippen molar-refractivity contribution < 1.29 is 29.3 Å². The molecule has 0 saturated heterocycles. The molecule has 0 bridgehead atoms. The van der Waals surface area contributed by atoms with Gasteiger partial charge in [0, 0.05) is 0 Å². The molecule has 6 heteroatoms. The molecule has 0 radical (unpaired) electrons. The Bertz CT molecular complexity index is 980. The number of rotatable bonds is 8. The highest BCUT2D eigenvalue weighted by Gasteiger charge is 2.14. The molecule has 0 aliphatic heterocycles. The summed E-state index contributed by atoms with van der Waals surface area (Å²) in [6.07, 6.45) is 5.48. The molecule has 0 spiro atoms. The predicted octanol–water partition coefficient (Wildman–Crippen LogP) is 4.54. The monoisotopic (exact) mass is 410 g/mol. The minimum atomic E-state index is -0.476. The molecule has 0 amide bonds. The second kappa shape index (κ2) is 9.78. The number of phenols is 2. The maximum Gasteiger partial charge on any atom is 0.163 e. The number of aromatic hydroxyl groups is 2. The highest BCUT2D eigenvalue weighted by atomic mass is 16.5. The Labute approximate surface area is 176 Å². The van der Waals surface area contributed by atoms with Crippen molar-refractivity contribution in [3.05, 3.63) is 59.7 Å². The van der Waals surface area contributed by atoms with Gasteiger partial charge in [0.1, 0.15) is 5.60 Å². The van der Waals surface area contributed by atoms with Crippen molar-refractivity contribution in [2.45, 2.75) is 32.8 Å². The molecule has 0 aliphatic carbocycles. The van der Waals surface area contributed by atoms with Gasteiger partial charge in [-0.25, -0.2) is 0 Å². The van der Waals surface area contributed by atoms with Gasteiger partial charge >= 0.3 is 0 Å². The number of carbonyl (C=O) groups excluding carboxylic acids is 2. The lowest BCUT2D eigenvalue weighted by atomic mass is 10.1. The third-order valence-electron chi connectivity index (χ3n) is 3.88. The Morgan fingerprint density at radius 1 is 0.867 bits per heavy atom. The number of carbonyl (C=O) groups is 2. The number of ether oxygens (including phenoxy) is 2. The van der Waals surface area contributed by atoms with Gasteiger partial charge in [-0.15, -0.1) is 0 Å². The third-order valence-corrected chi connectivity index (χ3v) is 3.88. The molecular formula is C24H26O6. The molecule has 158 valence electrons. The van der Waals surface area contributed by atoms with Crippen LogP contribution in [0.4, 0.5) is 0 Å². The second-order valence-corrected chi connectivity index (χ2v) is 7.65. The molecule has 0 heterocycles. The first kappa shape index (κ1) is 22.7. The fraction of sp³-hybridized carbons (Fsp3) is 0.250.